The van der Waals surface area contributed by atoms with Gasteiger partial charge in [-0.3, -0.25) is 9.59 Å². The van der Waals surface area contributed by atoms with Crippen LogP contribution in [0.25, 0.3) is 0 Å². The number of nitrogens with zero attached hydrogens (tertiary/aromatic N) is 2. The highest BCUT2D eigenvalue weighted by atomic mass is 35.5. The number of rotatable bonds is 2. The van der Waals surface area contributed by atoms with Gasteiger partial charge in [-0.25, -0.2) is 10.0 Å². The maximum Gasteiger partial charge on any atom is 0.273 e. The smallest absolute Gasteiger partial charge is 0.267 e. The quantitative estimate of drug-likeness (QED) is 0.603. The summed E-state index contributed by atoms with van der Waals surface area (Å²) in [5.74, 6) is -0.718. The molecule has 0 saturated heterocycles. The first-order valence-corrected chi connectivity index (χ1v) is 8.98. The van der Waals surface area contributed by atoms with Gasteiger partial charge in [-0.2, -0.15) is 0 Å². The Bertz CT molecular complexity index is 809. The molecule has 138 valence electrons. The summed E-state index contributed by atoms with van der Waals surface area (Å²) >= 11 is 17.9. The second kappa shape index (κ2) is 7.87. The molecule has 0 unspecified atom stereocenters. The zero-order valence-electron chi connectivity index (χ0n) is 14.9. The van der Waals surface area contributed by atoms with Gasteiger partial charge >= 0.3 is 0 Å². The zero-order valence-corrected chi connectivity index (χ0v) is 17.2. The third kappa shape index (κ3) is 4.70. The second-order valence-corrected chi connectivity index (χ2v) is 8.09. The molecular weight excluding hydrogens is 395 g/mol. The Morgan fingerprint density at radius 1 is 0.769 bits per heavy atom. The maximum atomic E-state index is 13.1. The number of hydrazine groups is 1. The van der Waals surface area contributed by atoms with Gasteiger partial charge in [0.25, 0.3) is 11.8 Å². The summed E-state index contributed by atoms with van der Waals surface area (Å²) in [7, 11) is 1.55. The third-order valence-corrected chi connectivity index (χ3v) is 4.31. The van der Waals surface area contributed by atoms with Crippen LogP contribution in [-0.4, -0.2) is 34.4 Å². The van der Waals surface area contributed by atoms with Crippen molar-refractivity contribution in [2.24, 2.45) is 0 Å². The Labute approximate surface area is 168 Å². The van der Waals surface area contributed by atoms with Crippen LogP contribution < -0.4 is 0 Å². The fourth-order valence-corrected chi connectivity index (χ4v) is 3.21. The molecule has 0 saturated carbocycles. The Balaban J connectivity index is 2.42. The average Bonchev–Trinajstić information content (AvgIpc) is 2.52. The number of carbonyl (C=O) groups excluding carboxylic acids is 2. The summed E-state index contributed by atoms with van der Waals surface area (Å²) in [5, 5.41) is 3.90. The molecule has 0 N–H and O–H groups in total. The van der Waals surface area contributed by atoms with Crippen molar-refractivity contribution in [1.82, 2.24) is 10.0 Å². The van der Waals surface area contributed by atoms with Gasteiger partial charge in [0.2, 0.25) is 0 Å². The first-order chi connectivity index (χ1) is 12.0. The molecule has 0 spiro atoms. The summed E-state index contributed by atoms with van der Waals surface area (Å²) in [6, 6.07) is 11.1. The van der Waals surface area contributed by atoms with E-state index in [2.05, 4.69) is 0 Å². The summed E-state index contributed by atoms with van der Waals surface area (Å²) in [5.41, 5.74) is 0.0548. The van der Waals surface area contributed by atoms with Gasteiger partial charge in [-0.1, -0.05) is 34.8 Å². The van der Waals surface area contributed by atoms with Crippen LogP contribution in [-0.2, 0) is 0 Å². The van der Waals surface area contributed by atoms with Gasteiger partial charge in [-0.05, 0) is 63.2 Å². The molecule has 2 aromatic carbocycles. The van der Waals surface area contributed by atoms with Crippen molar-refractivity contribution in [3.63, 3.8) is 0 Å². The molecule has 0 aliphatic carbocycles. The molecule has 0 bridgehead atoms. The minimum Gasteiger partial charge on any atom is -0.267 e. The molecule has 26 heavy (non-hydrogen) atoms. The van der Waals surface area contributed by atoms with Crippen LogP contribution in [0.5, 0.6) is 0 Å². The fraction of sp³-hybridized carbons (Fsp3) is 0.263. The zero-order chi connectivity index (χ0) is 19.6. The summed E-state index contributed by atoms with van der Waals surface area (Å²) in [6.07, 6.45) is 0. The summed E-state index contributed by atoms with van der Waals surface area (Å²) in [6.45, 7) is 5.51. The first-order valence-electron chi connectivity index (χ1n) is 7.85. The first kappa shape index (κ1) is 20.6. The molecule has 0 atom stereocenters. The van der Waals surface area contributed by atoms with Crippen LogP contribution in [0.2, 0.25) is 15.1 Å². The normalized spacial score (nSPS) is 11.2. The fourth-order valence-electron chi connectivity index (χ4n) is 2.56. The van der Waals surface area contributed by atoms with E-state index in [4.69, 9.17) is 34.8 Å². The Morgan fingerprint density at radius 3 is 1.73 bits per heavy atom. The Kier molecular flexibility index (Phi) is 6.22. The van der Waals surface area contributed by atoms with Crippen LogP contribution in [0, 0.1) is 0 Å². The lowest BCUT2D eigenvalue weighted by Gasteiger charge is -2.41. The van der Waals surface area contributed by atoms with Gasteiger partial charge in [0, 0.05) is 33.2 Å². The van der Waals surface area contributed by atoms with Gasteiger partial charge in [-0.15, -0.1) is 0 Å². The van der Waals surface area contributed by atoms with Crippen LogP contribution in [0.15, 0.2) is 42.5 Å². The van der Waals surface area contributed by atoms with Gasteiger partial charge in [0.15, 0.2) is 0 Å². The van der Waals surface area contributed by atoms with E-state index in [-0.39, 0.29) is 11.8 Å². The Morgan fingerprint density at radius 2 is 1.27 bits per heavy atom. The predicted molar refractivity (Wildman–Crippen MR) is 106 cm³/mol. The van der Waals surface area contributed by atoms with E-state index in [0.29, 0.717) is 26.2 Å². The van der Waals surface area contributed by atoms with Gasteiger partial charge in [0.05, 0.1) is 5.54 Å². The average molecular weight is 414 g/mol. The number of hydrogen-bond donors (Lipinski definition) is 0. The van der Waals surface area contributed by atoms with Crippen molar-refractivity contribution in [3.8, 4) is 0 Å². The lowest BCUT2D eigenvalue weighted by atomic mass is 10.1. The lowest BCUT2D eigenvalue weighted by Crippen LogP contribution is -2.56. The van der Waals surface area contributed by atoms with Crippen molar-refractivity contribution in [3.05, 3.63) is 68.7 Å². The molecule has 0 radical (unpaired) electrons. The molecule has 0 aliphatic heterocycles. The second-order valence-electron chi connectivity index (χ2n) is 6.78. The number of hydrogen-bond acceptors (Lipinski definition) is 2. The van der Waals surface area contributed by atoms with E-state index in [9.17, 15) is 9.59 Å². The number of benzene rings is 2. The van der Waals surface area contributed by atoms with Crippen LogP contribution in [0.4, 0.5) is 0 Å². The lowest BCUT2D eigenvalue weighted by molar-refractivity contribution is -0.0308. The van der Waals surface area contributed by atoms with Crippen molar-refractivity contribution in [2.45, 2.75) is 26.3 Å². The van der Waals surface area contributed by atoms with Crippen molar-refractivity contribution in [2.75, 3.05) is 7.05 Å². The minimum absolute atomic E-state index is 0.299. The van der Waals surface area contributed by atoms with E-state index >= 15 is 0 Å². The van der Waals surface area contributed by atoms with E-state index in [1.165, 1.54) is 22.2 Å². The Hall–Kier alpha value is -1.75. The van der Waals surface area contributed by atoms with E-state index < -0.39 is 5.54 Å². The number of amides is 2. The largest absolute Gasteiger partial charge is 0.273 e. The topological polar surface area (TPSA) is 40.6 Å². The standard InChI is InChI=1S/C19H19Cl3N2O2/c1-19(2,3)24(18(26)13-9-15(21)11-16(22)10-13)23(4)17(25)12-5-7-14(20)8-6-12/h5-11H,1-4H3. The van der Waals surface area contributed by atoms with Gasteiger partial charge < -0.3 is 0 Å². The number of carbonyl (C=O) groups is 2. The summed E-state index contributed by atoms with van der Waals surface area (Å²) in [4.78, 5) is 26.0. The minimum atomic E-state index is -0.664. The summed E-state index contributed by atoms with van der Waals surface area (Å²) < 4.78 is 0. The molecule has 0 heterocycles. The van der Waals surface area contributed by atoms with Gasteiger partial charge in [0.1, 0.15) is 0 Å². The van der Waals surface area contributed by atoms with E-state index in [1.807, 2.05) is 20.8 Å². The SMILES string of the molecule is CN(C(=O)c1ccc(Cl)cc1)N(C(=O)c1cc(Cl)cc(Cl)c1)C(C)(C)C. The molecular formula is C19H19Cl3N2O2. The van der Waals surface area contributed by atoms with Crippen LogP contribution >= 0.6 is 34.8 Å². The highest BCUT2D eigenvalue weighted by Crippen LogP contribution is 2.25. The maximum absolute atomic E-state index is 13.1. The monoisotopic (exact) mass is 412 g/mol. The highest BCUT2D eigenvalue weighted by Gasteiger charge is 2.34. The molecule has 2 amide bonds. The molecule has 0 aromatic heterocycles. The van der Waals surface area contributed by atoms with Crippen LogP contribution in [0.3, 0.4) is 0 Å². The molecule has 2 rings (SSSR count). The van der Waals surface area contributed by atoms with E-state index in [1.54, 1.807) is 37.4 Å². The number of halogens is 3. The highest BCUT2D eigenvalue weighted by molar-refractivity contribution is 6.35. The molecule has 4 nitrogen and oxygen atoms in total. The molecule has 0 fully saturated rings. The van der Waals surface area contributed by atoms with Crippen molar-refractivity contribution in [1.29, 1.82) is 0 Å². The van der Waals surface area contributed by atoms with Crippen LogP contribution in [0.1, 0.15) is 41.5 Å². The molecule has 7 heteroatoms. The third-order valence-electron chi connectivity index (χ3n) is 3.62. The predicted octanol–water partition coefficient (Wildman–Crippen LogP) is 5.57. The van der Waals surface area contributed by atoms with E-state index in [0.717, 1.165) is 0 Å². The van der Waals surface area contributed by atoms with Crippen molar-refractivity contribution >= 4 is 46.6 Å². The molecule has 2 aromatic rings. The van der Waals surface area contributed by atoms with Crippen molar-refractivity contribution < 1.29 is 9.59 Å². The molecule has 0 aliphatic rings.